The molecule has 0 aliphatic carbocycles. The first-order valence-electron chi connectivity index (χ1n) is 11.9. The summed E-state index contributed by atoms with van der Waals surface area (Å²) in [4.78, 5) is 19.8. The van der Waals surface area contributed by atoms with E-state index in [-0.39, 0.29) is 35.2 Å². The van der Waals surface area contributed by atoms with Crippen molar-refractivity contribution < 1.29 is 13.2 Å². The smallest absolute Gasteiger partial charge is 0.257 e. The third kappa shape index (κ3) is 5.01. The first kappa shape index (κ1) is 25.1. The maximum Gasteiger partial charge on any atom is 0.257 e. The molecule has 1 aliphatic rings. The molecule has 0 N–H and O–H groups in total. The highest BCUT2D eigenvalue weighted by Gasteiger charge is 2.32. The number of piperazine rings is 1. The van der Waals surface area contributed by atoms with Crippen LogP contribution in [0.25, 0.3) is 5.82 Å². The number of hydrogen-bond donors (Lipinski definition) is 0. The van der Waals surface area contributed by atoms with Crippen LogP contribution in [0.1, 0.15) is 62.2 Å². The molecule has 0 atom stereocenters. The predicted molar refractivity (Wildman–Crippen MR) is 135 cm³/mol. The molecular weight excluding hydrogens is 462 g/mol. The normalized spacial score (nSPS) is 15.5. The van der Waals surface area contributed by atoms with Crippen molar-refractivity contribution in [1.29, 1.82) is 0 Å². The molecule has 2 aromatic heterocycles. The lowest BCUT2D eigenvalue weighted by Crippen LogP contribution is -2.50. The van der Waals surface area contributed by atoms with E-state index in [0.717, 1.165) is 11.3 Å². The lowest BCUT2D eigenvalue weighted by Gasteiger charge is -2.34. The summed E-state index contributed by atoms with van der Waals surface area (Å²) in [7, 11) is -3.62. The molecule has 0 saturated carbocycles. The van der Waals surface area contributed by atoms with Gasteiger partial charge in [0, 0.05) is 32.4 Å². The van der Waals surface area contributed by atoms with Crippen molar-refractivity contribution in [1.82, 2.24) is 24.0 Å². The van der Waals surface area contributed by atoms with Gasteiger partial charge in [-0.2, -0.15) is 9.40 Å². The molecule has 0 spiro atoms. The minimum absolute atomic E-state index is 0.0481. The molecule has 1 aromatic carbocycles. The van der Waals surface area contributed by atoms with Crippen molar-refractivity contribution >= 4 is 15.9 Å². The third-order valence-corrected chi connectivity index (χ3v) is 8.25. The number of benzene rings is 1. The molecule has 8 nitrogen and oxygen atoms in total. The van der Waals surface area contributed by atoms with Crippen molar-refractivity contribution in [3.05, 3.63) is 71.7 Å². The highest BCUT2D eigenvalue weighted by Crippen LogP contribution is 2.27. The minimum Gasteiger partial charge on any atom is -0.336 e. The average molecular weight is 496 g/mol. The summed E-state index contributed by atoms with van der Waals surface area (Å²) in [6.07, 6.45) is 3.28. The van der Waals surface area contributed by atoms with Crippen LogP contribution in [0.15, 0.2) is 59.8 Å². The van der Waals surface area contributed by atoms with Gasteiger partial charge in [0.1, 0.15) is 0 Å². The predicted octanol–water partition coefficient (Wildman–Crippen LogP) is 3.83. The quantitative estimate of drug-likeness (QED) is 0.537. The molecule has 3 heterocycles. The Hall–Kier alpha value is -3.04. The summed E-state index contributed by atoms with van der Waals surface area (Å²) >= 11 is 0. The maximum absolute atomic E-state index is 13.4. The zero-order valence-corrected chi connectivity index (χ0v) is 21.8. The van der Waals surface area contributed by atoms with Gasteiger partial charge in [0.15, 0.2) is 5.82 Å². The van der Waals surface area contributed by atoms with Crippen molar-refractivity contribution in [3.8, 4) is 5.82 Å². The van der Waals surface area contributed by atoms with Gasteiger partial charge in [0.2, 0.25) is 10.0 Å². The van der Waals surface area contributed by atoms with E-state index in [2.05, 4.69) is 30.9 Å². The van der Waals surface area contributed by atoms with Gasteiger partial charge in [-0.3, -0.25) is 4.79 Å². The summed E-state index contributed by atoms with van der Waals surface area (Å²) in [5.41, 5.74) is 2.36. The van der Waals surface area contributed by atoms with Crippen LogP contribution >= 0.6 is 0 Å². The Balaban J connectivity index is 1.49. The highest BCUT2D eigenvalue weighted by molar-refractivity contribution is 7.89. The summed E-state index contributed by atoms with van der Waals surface area (Å²) < 4.78 is 29.6. The molecule has 1 amide bonds. The standard InChI is InChI=1S/C26H33N5O3S/c1-19(2)24-22(18-28-31(24)23-8-6-7-13-27-23)25(32)29-14-16-30(17-15-29)35(33,34)21-11-9-20(10-12-21)26(3,4)5/h6-13,18-19H,14-17H2,1-5H3. The Morgan fingerprint density at radius 3 is 2.17 bits per heavy atom. The van der Waals surface area contributed by atoms with Crippen molar-refractivity contribution in [3.63, 3.8) is 0 Å². The molecule has 0 radical (unpaired) electrons. The van der Waals surface area contributed by atoms with E-state index in [4.69, 9.17) is 0 Å². The van der Waals surface area contributed by atoms with Crippen LogP contribution < -0.4 is 0 Å². The van der Waals surface area contributed by atoms with Crippen LogP contribution in [0, 0.1) is 0 Å². The van der Waals surface area contributed by atoms with Crippen LogP contribution in [0.5, 0.6) is 0 Å². The molecule has 9 heteroatoms. The molecular formula is C26H33N5O3S. The van der Waals surface area contributed by atoms with Gasteiger partial charge in [-0.25, -0.2) is 18.1 Å². The lowest BCUT2D eigenvalue weighted by molar-refractivity contribution is 0.0696. The van der Waals surface area contributed by atoms with E-state index in [1.165, 1.54) is 4.31 Å². The molecule has 0 unspecified atom stereocenters. The van der Waals surface area contributed by atoms with Crippen molar-refractivity contribution in [2.45, 2.75) is 50.8 Å². The number of carbonyl (C=O) groups is 1. The fraction of sp³-hybridized carbons (Fsp3) is 0.423. The zero-order chi connectivity index (χ0) is 25.4. The number of aromatic nitrogens is 3. The Labute approximate surface area is 207 Å². The van der Waals surface area contributed by atoms with Crippen LogP contribution in [0.2, 0.25) is 0 Å². The van der Waals surface area contributed by atoms with Crippen molar-refractivity contribution in [2.24, 2.45) is 0 Å². The molecule has 4 rings (SSSR count). The number of amides is 1. The van der Waals surface area contributed by atoms with Crippen LogP contribution in [-0.4, -0.2) is 64.5 Å². The number of rotatable bonds is 5. The van der Waals surface area contributed by atoms with Gasteiger partial charge in [0.25, 0.3) is 5.91 Å². The van der Waals surface area contributed by atoms with Gasteiger partial charge in [0.05, 0.1) is 22.3 Å². The Kier molecular flexibility index (Phi) is 6.83. The van der Waals surface area contributed by atoms with E-state index in [9.17, 15) is 13.2 Å². The maximum atomic E-state index is 13.4. The Bertz CT molecular complexity index is 1290. The number of hydrogen-bond acceptors (Lipinski definition) is 5. The monoisotopic (exact) mass is 495 g/mol. The average Bonchev–Trinajstić information content (AvgIpc) is 3.29. The van der Waals surface area contributed by atoms with Gasteiger partial charge in [-0.1, -0.05) is 52.8 Å². The second kappa shape index (κ2) is 9.54. The second-order valence-electron chi connectivity index (χ2n) is 10.2. The topological polar surface area (TPSA) is 88.4 Å². The summed E-state index contributed by atoms with van der Waals surface area (Å²) in [5.74, 6) is 0.572. The first-order valence-corrected chi connectivity index (χ1v) is 13.3. The number of sulfonamides is 1. The van der Waals surface area contributed by atoms with E-state index in [1.54, 1.807) is 34.1 Å². The van der Waals surface area contributed by atoms with Crippen LogP contribution in [0.3, 0.4) is 0 Å². The van der Waals surface area contributed by atoms with Crippen LogP contribution in [0.4, 0.5) is 0 Å². The third-order valence-electron chi connectivity index (χ3n) is 6.33. The van der Waals surface area contributed by atoms with E-state index < -0.39 is 10.0 Å². The zero-order valence-electron chi connectivity index (χ0n) is 21.0. The summed E-state index contributed by atoms with van der Waals surface area (Å²) in [6, 6.07) is 12.7. The molecule has 1 saturated heterocycles. The molecule has 0 bridgehead atoms. The molecule has 186 valence electrons. The van der Waals surface area contributed by atoms with E-state index in [1.807, 2.05) is 44.2 Å². The van der Waals surface area contributed by atoms with Crippen molar-refractivity contribution in [2.75, 3.05) is 26.2 Å². The van der Waals surface area contributed by atoms with Gasteiger partial charge in [-0.15, -0.1) is 0 Å². The largest absolute Gasteiger partial charge is 0.336 e. The minimum atomic E-state index is -3.62. The van der Waals surface area contributed by atoms with Gasteiger partial charge in [-0.05, 0) is 41.2 Å². The lowest BCUT2D eigenvalue weighted by atomic mass is 9.87. The number of carbonyl (C=O) groups excluding carboxylic acids is 1. The Morgan fingerprint density at radius 1 is 0.971 bits per heavy atom. The van der Waals surface area contributed by atoms with E-state index >= 15 is 0 Å². The SMILES string of the molecule is CC(C)c1c(C(=O)N2CCN(S(=O)(=O)c3ccc(C(C)(C)C)cc3)CC2)cnn1-c1ccccn1. The molecule has 1 fully saturated rings. The molecule has 35 heavy (non-hydrogen) atoms. The number of pyridine rings is 1. The molecule has 1 aliphatic heterocycles. The fourth-order valence-corrected chi connectivity index (χ4v) is 5.74. The fourth-order valence-electron chi connectivity index (χ4n) is 4.32. The highest BCUT2D eigenvalue weighted by atomic mass is 32.2. The van der Waals surface area contributed by atoms with E-state index in [0.29, 0.717) is 24.5 Å². The number of nitrogens with zero attached hydrogens (tertiary/aromatic N) is 5. The summed E-state index contributed by atoms with van der Waals surface area (Å²) in [5, 5.41) is 4.44. The van der Waals surface area contributed by atoms with Crippen LogP contribution in [-0.2, 0) is 15.4 Å². The van der Waals surface area contributed by atoms with Gasteiger partial charge >= 0.3 is 0 Å². The first-order chi connectivity index (χ1) is 16.5. The second-order valence-corrected chi connectivity index (χ2v) is 12.1. The molecule has 3 aromatic rings. The summed E-state index contributed by atoms with van der Waals surface area (Å²) in [6.45, 7) is 11.5. The Morgan fingerprint density at radius 2 is 1.63 bits per heavy atom. The van der Waals surface area contributed by atoms with Gasteiger partial charge < -0.3 is 4.90 Å².